The molecule has 0 aliphatic heterocycles. The molecule has 112 valence electrons. The summed E-state index contributed by atoms with van der Waals surface area (Å²) in [4.78, 5) is 17.1. The van der Waals surface area contributed by atoms with E-state index in [0.717, 1.165) is 22.3 Å². The van der Waals surface area contributed by atoms with Gasteiger partial charge in [-0.3, -0.25) is 9.48 Å². The van der Waals surface area contributed by atoms with Crippen LogP contribution in [0.3, 0.4) is 0 Å². The number of carbonyl (C=O) groups excluding carboxylic acids is 1. The number of nitrogens with zero attached hydrogens (tertiary/aromatic N) is 3. The zero-order valence-electron chi connectivity index (χ0n) is 12.9. The number of amides is 1. The number of nitrogens with one attached hydrogen (secondary N) is 1. The second-order valence-electron chi connectivity index (χ2n) is 5.42. The molecule has 0 bridgehead atoms. The fourth-order valence-electron chi connectivity index (χ4n) is 2.53. The summed E-state index contributed by atoms with van der Waals surface area (Å²) in [5, 5.41) is 8.00. The molecule has 5 heteroatoms. The molecule has 0 fully saturated rings. The predicted octanol–water partition coefficient (Wildman–Crippen LogP) is 2.77. The van der Waals surface area contributed by atoms with E-state index in [-0.39, 0.29) is 11.9 Å². The largest absolute Gasteiger partial charge is 0.345 e. The number of benzene rings is 1. The second-order valence-corrected chi connectivity index (χ2v) is 5.42. The maximum absolute atomic E-state index is 12.6. The number of hydrogen-bond acceptors (Lipinski definition) is 3. The summed E-state index contributed by atoms with van der Waals surface area (Å²) in [5.41, 5.74) is 3.20. The van der Waals surface area contributed by atoms with Crippen molar-refractivity contribution in [2.24, 2.45) is 7.05 Å². The number of carbonyl (C=O) groups is 1. The average Bonchev–Trinajstić information content (AvgIpc) is 2.88. The zero-order chi connectivity index (χ0) is 15.7. The van der Waals surface area contributed by atoms with E-state index >= 15 is 0 Å². The minimum Gasteiger partial charge on any atom is -0.345 e. The first-order valence-corrected chi connectivity index (χ1v) is 7.21. The van der Waals surface area contributed by atoms with E-state index in [0.29, 0.717) is 5.56 Å². The van der Waals surface area contributed by atoms with Crippen molar-refractivity contribution in [3.05, 3.63) is 59.4 Å². The van der Waals surface area contributed by atoms with Gasteiger partial charge in [0.2, 0.25) is 0 Å². The minimum atomic E-state index is -0.111. The molecule has 1 N–H and O–H groups in total. The summed E-state index contributed by atoms with van der Waals surface area (Å²) < 4.78 is 1.68. The highest BCUT2D eigenvalue weighted by molar-refractivity contribution is 6.05. The monoisotopic (exact) mass is 294 g/mol. The predicted molar refractivity (Wildman–Crippen MR) is 85.6 cm³/mol. The molecule has 5 nitrogen and oxygen atoms in total. The summed E-state index contributed by atoms with van der Waals surface area (Å²) in [6, 6.07) is 11.6. The molecule has 2 aromatic heterocycles. The maximum atomic E-state index is 12.6. The number of hydrogen-bond donors (Lipinski definition) is 1. The van der Waals surface area contributed by atoms with Gasteiger partial charge in [-0.05, 0) is 25.5 Å². The Hall–Kier alpha value is -2.69. The fourth-order valence-corrected chi connectivity index (χ4v) is 2.53. The summed E-state index contributed by atoms with van der Waals surface area (Å²) in [5.74, 6) is -0.111. The van der Waals surface area contributed by atoms with Crippen molar-refractivity contribution < 1.29 is 4.79 Å². The highest BCUT2D eigenvalue weighted by Crippen LogP contribution is 2.19. The van der Waals surface area contributed by atoms with Crippen molar-refractivity contribution in [1.82, 2.24) is 20.1 Å². The van der Waals surface area contributed by atoms with Crippen LogP contribution in [0.1, 0.15) is 34.6 Å². The van der Waals surface area contributed by atoms with E-state index in [2.05, 4.69) is 15.4 Å². The van der Waals surface area contributed by atoms with Crippen LogP contribution in [0.4, 0.5) is 0 Å². The van der Waals surface area contributed by atoms with Crippen LogP contribution < -0.4 is 5.32 Å². The average molecular weight is 294 g/mol. The topological polar surface area (TPSA) is 59.8 Å². The number of pyridine rings is 1. The first-order valence-electron chi connectivity index (χ1n) is 7.21. The second kappa shape index (κ2) is 5.60. The molecule has 1 amide bonds. The van der Waals surface area contributed by atoms with Gasteiger partial charge in [0.05, 0.1) is 23.2 Å². The first kappa shape index (κ1) is 14.3. The van der Waals surface area contributed by atoms with Crippen molar-refractivity contribution in [3.63, 3.8) is 0 Å². The highest BCUT2D eigenvalue weighted by Gasteiger charge is 2.17. The third-order valence-corrected chi connectivity index (χ3v) is 3.72. The Morgan fingerprint density at radius 1 is 1.27 bits per heavy atom. The molecule has 0 radical (unpaired) electrons. The standard InChI is InChI=1S/C17H18N4O/c1-11-9-14(15-10-18-21(3)16(15)19-11)17(22)20-12(2)13-7-5-4-6-8-13/h4-10,12H,1-3H3,(H,20,22)/t12-/m0/s1. The number of fused-ring (bicyclic) bond motifs is 1. The normalized spacial score (nSPS) is 12.3. The number of aromatic nitrogens is 3. The number of aryl methyl sites for hydroxylation is 2. The molecule has 0 spiro atoms. The van der Waals surface area contributed by atoms with Crippen LogP contribution in [0.25, 0.3) is 11.0 Å². The molecule has 0 saturated heterocycles. The SMILES string of the molecule is Cc1cc(C(=O)N[C@@H](C)c2ccccc2)c2cnn(C)c2n1. The molecular formula is C17H18N4O. The van der Waals surface area contributed by atoms with E-state index in [4.69, 9.17) is 0 Å². The molecule has 3 aromatic rings. The molecular weight excluding hydrogens is 276 g/mol. The van der Waals surface area contributed by atoms with Gasteiger partial charge >= 0.3 is 0 Å². The Morgan fingerprint density at radius 3 is 2.73 bits per heavy atom. The van der Waals surface area contributed by atoms with Gasteiger partial charge in [0, 0.05) is 12.7 Å². The van der Waals surface area contributed by atoms with Gasteiger partial charge in [-0.25, -0.2) is 4.98 Å². The van der Waals surface area contributed by atoms with Gasteiger partial charge in [0.25, 0.3) is 5.91 Å². The van der Waals surface area contributed by atoms with Crippen LogP contribution in [0.15, 0.2) is 42.6 Å². The zero-order valence-corrected chi connectivity index (χ0v) is 12.9. The first-order chi connectivity index (χ1) is 10.6. The molecule has 0 aliphatic rings. The summed E-state index contributed by atoms with van der Waals surface area (Å²) in [7, 11) is 1.82. The van der Waals surface area contributed by atoms with Crippen LogP contribution in [0.5, 0.6) is 0 Å². The van der Waals surface area contributed by atoms with Crippen LogP contribution in [0, 0.1) is 6.92 Å². The molecule has 22 heavy (non-hydrogen) atoms. The van der Waals surface area contributed by atoms with E-state index in [9.17, 15) is 4.79 Å². The van der Waals surface area contributed by atoms with Gasteiger partial charge in [0.15, 0.2) is 5.65 Å². The van der Waals surface area contributed by atoms with Crippen molar-refractivity contribution in [3.8, 4) is 0 Å². The molecule has 1 aromatic carbocycles. The smallest absolute Gasteiger partial charge is 0.252 e. The van der Waals surface area contributed by atoms with E-state index in [1.54, 1.807) is 16.9 Å². The lowest BCUT2D eigenvalue weighted by Crippen LogP contribution is -2.27. The molecule has 0 saturated carbocycles. The van der Waals surface area contributed by atoms with Gasteiger partial charge < -0.3 is 5.32 Å². The maximum Gasteiger partial charge on any atom is 0.252 e. The van der Waals surface area contributed by atoms with Crippen LogP contribution in [0.2, 0.25) is 0 Å². The van der Waals surface area contributed by atoms with Crippen LogP contribution >= 0.6 is 0 Å². The minimum absolute atomic E-state index is 0.0612. The molecule has 1 atom stereocenters. The summed E-state index contributed by atoms with van der Waals surface area (Å²) in [6.45, 7) is 3.85. The lowest BCUT2D eigenvalue weighted by Gasteiger charge is -2.15. The van der Waals surface area contributed by atoms with Crippen molar-refractivity contribution in [2.45, 2.75) is 19.9 Å². The van der Waals surface area contributed by atoms with Crippen LogP contribution in [-0.2, 0) is 7.05 Å². The van der Waals surface area contributed by atoms with E-state index in [1.807, 2.05) is 51.2 Å². The third-order valence-electron chi connectivity index (χ3n) is 3.72. The Morgan fingerprint density at radius 2 is 2.00 bits per heavy atom. The van der Waals surface area contributed by atoms with Crippen molar-refractivity contribution >= 4 is 16.9 Å². The van der Waals surface area contributed by atoms with Gasteiger partial charge in [-0.1, -0.05) is 30.3 Å². The molecule has 3 rings (SSSR count). The van der Waals surface area contributed by atoms with Gasteiger partial charge in [-0.2, -0.15) is 5.10 Å². The fraction of sp³-hybridized carbons (Fsp3) is 0.235. The van der Waals surface area contributed by atoms with Crippen molar-refractivity contribution in [2.75, 3.05) is 0 Å². The van der Waals surface area contributed by atoms with E-state index in [1.165, 1.54) is 0 Å². The molecule has 0 aliphatic carbocycles. The lowest BCUT2D eigenvalue weighted by atomic mass is 10.1. The van der Waals surface area contributed by atoms with Gasteiger partial charge in [-0.15, -0.1) is 0 Å². The molecule has 0 unspecified atom stereocenters. The Kier molecular flexibility index (Phi) is 3.63. The Bertz CT molecular complexity index is 823. The Balaban J connectivity index is 1.93. The quantitative estimate of drug-likeness (QED) is 0.808. The third kappa shape index (κ3) is 2.57. The Labute approximate surface area is 129 Å². The van der Waals surface area contributed by atoms with Gasteiger partial charge in [0.1, 0.15) is 0 Å². The highest BCUT2D eigenvalue weighted by atomic mass is 16.1. The molecule has 2 heterocycles. The summed E-state index contributed by atoms with van der Waals surface area (Å²) >= 11 is 0. The number of rotatable bonds is 3. The lowest BCUT2D eigenvalue weighted by molar-refractivity contribution is 0.0941. The van der Waals surface area contributed by atoms with E-state index < -0.39 is 0 Å². The van der Waals surface area contributed by atoms with Crippen molar-refractivity contribution in [1.29, 1.82) is 0 Å². The van der Waals surface area contributed by atoms with Crippen LogP contribution in [-0.4, -0.2) is 20.7 Å². The summed E-state index contributed by atoms with van der Waals surface area (Å²) in [6.07, 6.45) is 1.68.